The molecular weight excluding hydrogens is 352 g/mol. The van der Waals surface area contributed by atoms with Gasteiger partial charge in [0.25, 0.3) is 5.91 Å². The number of hydrogen-bond donors (Lipinski definition) is 2. The third-order valence-corrected chi connectivity index (χ3v) is 4.65. The average molecular weight is 377 g/mol. The van der Waals surface area contributed by atoms with Crippen molar-refractivity contribution in [1.82, 2.24) is 0 Å². The van der Waals surface area contributed by atoms with Crippen molar-refractivity contribution in [2.45, 2.75) is 19.9 Å². The molecule has 0 spiro atoms. The summed E-state index contributed by atoms with van der Waals surface area (Å²) in [5.41, 5.74) is 2.34. The number of benzene rings is 3. The van der Waals surface area contributed by atoms with Crippen LogP contribution in [0.1, 0.15) is 35.8 Å². The number of fused-ring (bicyclic) bond motifs is 1. The number of hydrogen-bond acceptors (Lipinski definition) is 3. The van der Waals surface area contributed by atoms with E-state index in [1.165, 1.54) is 16.3 Å². The van der Waals surface area contributed by atoms with Crippen molar-refractivity contribution < 1.29 is 19.6 Å². The van der Waals surface area contributed by atoms with Gasteiger partial charge in [0.1, 0.15) is 6.04 Å². The van der Waals surface area contributed by atoms with E-state index in [4.69, 9.17) is 4.74 Å². The Morgan fingerprint density at radius 3 is 2.46 bits per heavy atom. The molecule has 3 rings (SSSR count). The molecule has 0 saturated carbocycles. The normalized spacial score (nSPS) is 11.8. The minimum Gasteiger partial charge on any atom is -0.462 e. The molecule has 144 valence electrons. The highest BCUT2D eigenvalue weighted by atomic mass is 16.5. The monoisotopic (exact) mass is 377 g/mol. The molecule has 3 N–H and O–H groups in total. The number of quaternary nitrogens is 1. The lowest BCUT2D eigenvalue weighted by Crippen LogP contribution is -2.86. The van der Waals surface area contributed by atoms with E-state index in [1.54, 1.807) is 31.2 Å². The van der Waals surface area contributed by atoms with Gasteiger partial charge in [-0.05, 0) is 48.9 Å². The number of esters is 1. The molecule has 0 aliphatic heterocycles. The second-order valence-electron chi connectivity index (χ2n) is 6.64. The van der Waals surface area contributed by atoms with Crippen LogP contribution in [0.25, 0.3) is 10.8 Å². The first-order chi connectivity index (χ1) is 13.6. The highest BCUT2D eigenvalue weighted by Crippen LogP contribution is 2.22. The van der Waals surface area contributed by atoms with Crippen LogP contribution in [0.5, 0.6) is 0 Å². The van der Waals surface area contributed by atoms with E-state index >= 15 is 0 Å². The number of carbonyl (C=O) groups is 2. The van der Waals surface area contributed by atoms with Crippen molar-refractivity contribution >= 4 is 28.3 Å². The summed E-state index contributed by atoms with van der Waals surface area (Å²) < 4.78 is 4.96. The Bertz CT molecular complexity index is 962. The Labute approximate surface area is 164 Å². The second kappa shape index (κ2) is 9.15. The molecule has 3 aromatic rings. The molecule has 0 fully saturated rings. The summed E-state index contributed by atoms with van der Waals surface area (Å²) >= 11 is 0. The van der Waals surface area contributed by atoms with E-state index in [0.29, 0.717) is 24.4 Å². The van der Waals surface area contributed by atoms with Gasteiger partial charge in [0, 0.05) is 11.3 Å². The van der Waals surface area contributed by atoms with Gasteiger partial charge >= 0.3 is 5.97 Å². The molecule has 28 heavy (non-hydrogen) atoms. The maximum absolute atomic E-state index is 12.3. The molecule has 1 amide bonds. The van der Waals surface area contributed by atoms with E-state index < -0.39 is 0 Å². The molecule has 0 heterocycles. The van der Waals surface area contributed by atoms with Crippen LogP contribution in [0.15, 0.2) is 66.7 Å². The van der Waals surface area contributed by atoms with Crippen LogP contribution < -0.4 is 10.6 Å². The Morgan fingerprint density at radius 1 is 1.00 bits per heavy atom. The van der Waals surface area contributed by atoms with E-state index in [0.717, 1.165) is 0 Å². The SMILES string of the molecule is CCOC(=O)c1ccc(NC(=O)C[NH2+][C@H](C)c2cccc3ccccc23)cc1. The highest BCUT2D eigenvalue weighted by Gasteiger charge is 2.14. The Balaban J connectivity index is 1.57. The molecule has 3 aromatic carbocycles. The number of rotatable bonds is 7. The third kappa shape index (κ3) is 4.75. The van der Waals surface area contributed by atoms with E-state index in [1.807, 2.05) is 23.5 Å². The van der Waals surface area contributed by atoms with Crippen LogP contribution in [0.2, 0.25) is 0 Å². The molecule has 1 atom stereocenters. The topological polar surface area (TPSA) is 72.0 Å². The zero-order chi connectivity index (χ0) is 19.9. The van der Waals surface area contributed by atoms with Crippen molar-refractivity contribution in [1.29, 1.82) is 0 Å². The molecule has 0 bridgehead atoms. The Hall–Kier alpha value is -3.18. The van der Waals surface area contributed by atoms with Crippen LogP contribution >= 0.6 is 0 Å². The van der Waals surface area contributed by atoms with Crippen molar-refractivity contribution in [2.75, 3.05) is 18.5 Å². The van der Waals surface area contributed by atoms with Gasteiger partial charge in [-0.3, -0.25) is 4.79 Å². The summed E-state index contributed by atoms with van der Waals surface area (Å²) in [4.78, 5) is 24.0. The molecule has 0 unspecified atom stereocenters. The third-order valence-electron chi connectivity index (χ3n) is 4.65. The minimum atomic E-state index is -0.363. The largest absolute Gasteiger partial charge is 0.462 e. The van der Waals surface area contributed by atoms with Crippen molar-refractivity contribution in [3.63, 3.8) is 0 Å². The maximum Gasteiger partial charge on any atom is 0.338 e. The zero-order valence-corrected chi connectivity index (χ0v) is 16.1. The smallest absolute Gasteiger partial charge is 0.338 e. The number of nitrogens with one attached hydrogen (secondary N) is 1. The fraction of sp³-hybridized carbons (Fsp3) is 0.217. The first-order valence-corrected chi connectivity index (χ1v) is 9.46. The van der Waals surface area contributed by atoms with E-state index in [9.17, 15) is 9.59 Å². The van der Waals surface area contributed by atoms with Gasteiger partial charge < -0.3 is 15.4 Å². The fourth-order valence-corrected chi connectivity index (χ4v) is 3.17. The highest BCUT2D eigenvalue weighted by molar-refractivity contribution is 5.93. The van der Waals surface area contributed by atoms with Crippen LogP contribution in [0.3, 0.4) is 0 Å². The lowest BCUT2D eigenvalue weighted by Gasteiger charge is -2.14. The predicted octanol–water partition coefficient (Wildman–Crippen LogP) is 3.28. The van der Waals surface area contributed by atoms with Gasteiger partial charge in [-0.1, -0.05) is 42.5 Å². The minimum absolute atomic E-state index is 0.0871. The number of ether oxygens (including phenoxy) is 1. The lowest BCUT2D eigenvalue weighted by atomic mass is 10.00. The zero-order valence-electron chi connectivity index (χ0n) is 16.1. The molecular formula is C23H25N2O3+. The first-order valence-electron chi connectivity index (χ1n) is 9.46. The maximum atomic E-state index is 12.3. The quantitative estimate of drug-likeness (QED) is 0.621. The van der Waals surface area contributed by atoms with Gasteiger partial charge in [-0.25, -0.2) is 4.79 Å². The van der Waals surface area contributed by atoms with Crippen molar-refractivity contribution in [2.24, 2.45) is 0 Å². The lowest BCUT2D eigenvalue weighted by molar-refractivity contribution is -0.682. The summed E-state index contributed by atoms with van der Waals surface area (Å²) in [6, 6.07) is 21.4. The first kappa shape index (κ1) is 19.6. The summed E-state index contributed by atoms with van der Waals surface area (Å²) in [6.07, 6.45) is 0. The van der Waals surface area contributed by atoms with E-state index in [-0.39, 0.29) is 17.9 Å². The van der Waals surface area contributed by atoms with Gasteiger partial charge in [-0.2, -0.15) is 0 Å². The Kier molecular flexibility index (Phi) is 6.40. The van der Waals surface area contributed by atoms with Gasteiger partial charge in [0.2, 0.25) is 0 Å². The molecule has 0 radical (unpaired) electrons. The van der Waals surface area contributed by atoms with Crippen molar-refractivity contribution in [3.8, 4) is 0 Å². The number of amides is 1. The predicted molar refractivity (Wildman–Crippen MR) is 110 cm³/mol. The molecule has 0 aromatic heterocycles. The molecule has 5 heteroatoms. The molecule has 5 nitrogen and oxygen atoms in total. The summed E-state index contributed by atoms with van der Waals surface area (Å²) in [5.74, 6) is -0.450. The number of nitrogens with two attached hydrogens (primary N) is 1. The molecule has 0 aliphatic rings. The fourth-order valence-electron chi connectivity index (χ4n) is 3.17. The van der Waals surface area contributed by atoms with Gasteiger partial charge in [0.15, 0.2) is 6.54 Å². The van der Waals surface area contributed by atoms with Crippen LogP contribution in [0, 0.1) is 0 Å². The average Bonchev–Trinajstić information content (AvgIpc) is 2.72. The summed E-state index contributed by atoms with van der Waals surface area (Å²) in [6.45, 7) is 4.51. The van der Waals surface area contributed by atoms with Crippen LogP contribution in [-0.4, -0.2) is 25.0 Å². The summed E-state index contributed by atoms with van der Waals surface area (Å²) in [7, 11) is 0. The van der Waals surface area contributed by atoms with E-state index in [2.05, 4.69) is 36.5 Å². The van der Waals surface area contributed by atoms with Crippen molar-refractivity contribution in [3.05, 3.63) is 77.9 Å². The van der Waals surface area contributed by atoms with Crippen LogP contribution in [-0.2, 0) is 9.53 Å². The summed E-state index contributed by atoms with van der Waals surface area (Å²) in [5, 5.41) is 7.29. The van der Waals surface area contributed by atoms with Crippen LogP contribution in [0.4, 0.5) is 5.69 Å². The molecule has 0 saturated heterocycles. The Morgan fingerprint density at radius 2 is 1.71 bits per heavy atom. The van der Waals surface area contributed by atoms with Gasteiger partial charge in [-0.15, -0.1) is 0 Å². The standard InChI is InChI=1S/C23H24N2O3/c1-3-28-23(27)18-11-13-19(14-12-18)25-22(26)15-24-16(2)20-10-6-8-17-7-4-5-9-21(17)20/h4-14,16,24H,3,15H2,1-2H3,(H,25,26)/p+1/t16-/m1/s1. The van der Waals surface area contributed by atoms with Gasteiger partial charge in [0.05, 0.1) is 12.2 Å². The number of carbonyl (C=O) groups excluding carboxylic acids is 2. The molecule has 0 aliphatic carbocycles. The number of anilines is 1. The second-order valence-corrected chi connectivity index (χ2v) is 6.64.